The van der Waals surface area contributed by atoms with Gasteiger partial charge in [0, 0.05) is 6.42 Å². The SMILES string of the molecule is CCC1=CCOC(CC)=C1Cl. The molecule has 0 aromatic carbocycles. The molecule has 1 aliphatic rings. The van der Waals surface area contributed by atoms with Gasteiger partial charge in [-0.05, 0) is 18.1 Å². The summed E-state index contributed by atoms with van der Waals surface area (Å²) in [5.74, 6) is 0.936. The van der Waals surface area contributed by atoms with Gasteiger partial charge in [0.2, 0.25) is 0 Å². The van der Waals surface area contributed by atoms with Gasteiger partial charge in [-0.2, -0.15) is 0 Å². The molecule has 11 heavy (non-hydrogen) atoms. The van der Waals surface area contributed by atoms with Crippen LogP contribution in [0.15, 0.2) is 22.4 Å². The maximum Gasteiger partial charge on any atom is 0.115 e. The Bertz CT molecular complexity index is 204. The quantitative estimate of drug-likeness (QED) is 0.622. The van der Waals surface area contributed by atoms with Gasteiger partial charge >= 0.3 is 0 Å². The van der Waals surface area contributed by atoms with Gasteiger partial charge in [0.15, 0.2) is 0 Å². The molecule has 0 fully saturated rings. The number of ether oxygens (including phenoxy) is 1. The standard InChI is InChI=1S/C9H13ClO/c1-3-7-5-6-11-8(4-2)9(7)10/h5H,3-4,6H2,1-2H3. The fourth-order valence-corrected chi connectivity index (χ4v) is 1.53. The minimum Gasteiger partial charge on any atom is -0.492 e. The van der Waals surface area contributed by atoms with Gasteiger partial charge in [-0.3, -0.25) is 0 Å². The summed E-state index contributed by atoms with van der Waals surface area (Å²) < 4.78 is 5.34. The van der Waals surface area contributed by atoms with Crippen molar-refractivity contribution >= 4 is 11.6 Å². The van der Waals surface area contributed by atoms with Crippen LogP contribution in [0.5, 0.6) is 0 Å². The smallest absolute Gasteiger partial charge is 0.115 e. The van der Waals surface area contributed by atoms with Gasteiger partial charge < -0.3 is 4.74 Å². The molecular formula is C9H13ClO. The van der Waals surface area contributed by atoms with Crippen LogP contribution < -0.4 is 0 Å². The molecule has 1 heterocycles. The third-order valence-corrected chi connectivity index (χ3v) is 2.27. The summed E-state index contributed by atoms with van der Waals surface area (Å²) in [7, 11) is 0. The van der Waals surface area contributed by atoms with Crippen LogP contribution in [0.1, 0.15) is 26.7 Å². The van der Waals surface area contributed by atoms with Crippen LogP contribution in [0.2, 0.25) is 0 Å². The Morgan fingerprint density at radius 2 is 2.18 bits per heavy atom. The van der Waals surface area contributed by atoms with Crippen LogP contribution in [-0.4, -0.2) is 6.61 Å². The molecule has 1 rings (SSSR count). The third-order valence-electron chi connectivity index (χ3n) is 1.82. The van der Waals surface area contributed by atoms with Gasteiger partial charge in [-0.15, -0.1) is 0 Å². The maximum atomic E-state index is 6.04. The summed E-state index contributed by atoms with van der Waals surface area (Å²) in [6.07, 6.45) is 3.92. The Morgan fingerprint density at radius 1 is 1.45 bits per heavy atom. The molecule has 0 unspecified atom stereocenters. The zero-order valence-corrected chi connectivity index (χ0v) is 7.74. The molecular weight excluding hydrogens is 160 g/mol. The molecule has 0 aromatic rings. The summed E-state index contributed by atoms with van der Waals surface area (Å²) >= 11 is 6.04. The van der Waals surface area contributed by atoms with Crippen LogP contribution in [0.3, 0.4) is 0 Å². The van der Waals surface area contributed by atoms with Crippen molar-refractivity contribution in [3.63, 3.8) is 0 Å². The second kappa shape index (κ2) is 3.82. The Balaban J connectivity index is 2.83. The number of hydrogen-bond donors (Lipinski definition) is 0. The minimum atomic E-state index is 0.683. The average molecular weight is 173 g/mol. The lowest BCUT2D eigenvalue weighted by atomic mass is 10.1. The lowest BCUT2D eigenvalue weighted by molar-refractivity contribution is 0.231. The first-order valence-electron chi connectivity index (χ1n) is 4.00. The van der Waals surface area contributed by atoms with E-state index in [0.29, 0.717) is 6.61 Å². The van der Waals surface area contributed by atoms with E-state index in [9.17, 15) is 0 Å². The minimum absolute atomic E-state index is 0.683. The van der Waals surface area contributed by atoms with Crippen molar-refractivity contribution in [3.8, 4) is 0 Å². The molecule has 0 N–H and O–H groups in total. The first kappa shape index (κ1) is 8.66. The topological polar surface area (TPSA) is 9.23 Å². The maximum absolute atomic E-state index is 6.04. The van der Waals surface area contributed by atoms with Crippen molar-refractivity contribution in [1.82, 2.24) is 0 Å². The second-order valence-electron chi connectivity index (χ2n) is 2.48. The van der Waals surface area contributed by atoms with E-state index in [0.717, 1.165) is 23.6 Å². The average Bonchev–Trinajstić information content (AvgIpc) is 2.05. The van der Waals surface area contributed by atoms with Gasteiger partial charge in [0.25, 0.3) is 0 Å². The Hall–Kier alpha value is -0.430. The van der Waals surface area contributed by atoms with Crippen molar-refractivity contribution in [2.75, 3.05) is 6.61 Å². The monoisotopic (exact) mass is 172 g/mol. The van der Waals surface area contributed by atoms with Crippen LogP contribution >= 0.6 is 11.6 Å². The molecule has 62 valence electrons. The van der Waals surface area contributed by atoms with Gasteiger partial charge in [0.05, 0.1) is 5.03 Å². The van der Waals surface area contributed by atoms with Gasteiger partial charge in [-0.1, -0.05) is 25.4 Å². The molecule has 0 spiro atoms. The normalized spacial score (nSPS) is 17.9. The zero-order valence-electron chi connectivity index (χ0n) is 6.98. The second-order valence-corrected chi connectivity index (χ2v) is 2.86. The van der Waals surface area contributed by atoms with Crippen molar-refractivity contribution in [3.05, 3.63) is 22.4 Å². The molecule has 0 aliphatic carbocycles. The third kappa shape index (κ3) is 1.78. The first-order valence-corrected chi connectivity index (χ1v) is 4.38. The van der Waals surface area contributed by atoms with E-state index in [1.807, 2.05) is 6.08 Å². The molecule has 1 aliphatic heterocycles. The predicted molar refractivity (Wildman–Crippen MR) is 47.5 cm³/mol. The Labute approximate surface area is 72.7 Å². The zero-order chi connectivity index (χ0) is 8.27. The van der Waals surface area contributed by atoms with Crippen LogP contribution in [0.4, 0.5) is 0 Å². The highest BCUT2D eigenvalue weighted by molar-refractivity contribution is 6.32. The van der Waals surface area contributed by atoms with Crippen molar-refractivity contribution in [2.24, 2.45) is 0 Å². The van der Waals surface area contributed by atoms with E-state index in [4.69, 9.17) is 16.3 Å². The molecule has 2 heteroatoms. The number of allylic oxidation sites excluding steroid dienone is 3. The number of halogens is 1. The highest BCUT2D eigenvalue weighted by Gasteiger charge is 2.11. The van der Waals surface area contributed by atoms with Crippen LogP contribution in [0, 0.1) is 0 Å². The van der Waals surface area contributed by atoms with Crippen molar-refractivity contribution < 1.29 is 4.74 Å². The molecule has 0 radical (unpaired) electrons. The largest absolute Gasteiger partial charge is 0.492 e. The van der Waals surface area contributed by atoms with E-state index in [1.165, 1.54) is 5.57 Å². The number of hydrogen-bond acceptors (Lipinski definition) is 1. The van der Waals surface area contributed by atoms with E-state index in [-0.39, 0.29) is 0 Å². The predicted octanol–water partition coefficient (Wildman–Crippen LogP) is 3.21. The van der Waals surface area contributed by atoms with Crippen molar-refractivity contribution in [1.29, 1.82) is 0 Å². The summed E-state index contributed by atoms with van der Waals surface area (Å²) in [5, 5.41) is 0.821. The summed E-state index contributed by atoms with van der Waals surface area (Å²) in [6, 6.07) is 0. The highest BCUT2D eigenvalue weighted by Crippen LogP contribution is 2.27. The molecule has 0 atom stereocenters. The summed E-state index contributed by atoms with van der Waals surface area (Å²) in [4.78, 5) is 0. The Kier molecular flexibility index (Phi) is 3.01. The summed E-state index contributed by atoms with van der Waals surface area (Å²) in [6.45, 7) is 4.84. The van der Waals surface area contributed by atoms with Crippen molar-refractivity contribution in [2.45, 2.75) is 26.7 Å². The summed E-state index contributed by atoms with van der Waals surface area (Å²) in [5.41, 5.74) is 1.22. The van der Waals surface area contributed by atoms with Gasteiger partial charge in [0.1, 0.15) is 12.4 Å². The molecule has 1 nitrogen and oxygen atoms in total. The van der Waals surface area contributed by atoms with E-state index >= 15 is 0 Å². The van der Waals surface area contributed by atoms with Gasteiger partial charge in [-0.25, -0.2) is 0 Å². The fourth-order valence-electron chi connectivity index (χ4n) is 1.13. The molecule has 0 aromatic heterocycles. The molecule has 0 saturated heterocycles. The number of rotatable bonds is 2. The molecule has 0 bridgehead atoms. The highest BCUT2D eigenvalue weighted by atomic mass is 35.5. The lowest BCUT2D eigenvalue weighted by Gasteiger charge is -2.16. The molecule has 0 saturated carbocycles. The van der Waals surface area contributed by atoms with E-state index in [1.54, 1.807) is 0 Å². The lowest BCUT2D eigenvalue weighted by Crippen LogP contribution is -2.02. The van der Waals surface area contributed by atoms with Crippen LogP contribution in [0.25, 0.3) is 0 Å². The molecule has 0 amide bonds. The van der Waals surface area contributed by atoms with E-state index in [2.05, 4.69) is 13.8 Å². The fraction of sp³-hybridized carbons (Fsp3) is 0.556. The Morgan fingerprint density at radius 3 is 2.73 bits per heavy atom. The van der Waals surface area contributed by atoms with E-state index < -0.39 is 0 Å². The first-order chi connectivity index (χ1) is 5.29. The van der Waals surface area contributed by atoms with Crippen LogP contribution in [-0.2, 0) is 4.74 Å².